The molecule has 0 aliphatic carbocycles. The minimum atomic E-state index is -0.934. The number of carbonyl (C=O) groups excluding carboxylic acids is 2. The molecule has 0 radical (unpaired) electrons. The molecular formula is C23H27F2N3O3. The van der Waals surface area contributed by atoms with Crippen molar-refractivity contribution in [3.63, 3.8) is 0 Å². The Morgan fingerprint density at radius 3 is 2.42 bits per heavy atom. The minimum absolute atomic E-state index is 0.0711. The van der Waals surface area contributed by atoms with Crippen molar-refractivity contribution in [2.24, 2.45) is 0 Å². The second-order valence-electron chi connectivity index (χ2n) is 7.35. The number of nitrogens with one attached hydrogen (secondary N) is 1. The van der Waals surface area contributed by atoms with E-state index in [1.165, 1.54) is 11.0 Å². The van der Waals surface area contributed by atoms with Gasteiger partial charge in [0.2, 0.25) is 11.8 Å². The Balaban J connectivity index is 1.49. The van der Waals surface area contributed by atoms with Crippen molar-refractivity contribution in [2.75, 3.05) is 49.6 Å². The fourth-order valence-corrected chi connectivity index (χ4v) is 3.43. The Bertz CT molecular complexity index is 899. The molecule has 3 rings (SSSR count). The molecule has 2 aromatic carbocycles. The third-order valence-electron chi connectivity index (χ3n) is 5.21. The average molecular weight is 431 g/mol. The molecule has 0 saturated carbocycles. The number of ether oxygens (including phenoxy) is 1. The van der Waals surface area contributed by atoms with Crippen LogP contribution in [0.5, 0.6) is 0 Å². The highest BCUT2D eigenvalue weighted by molar-refractivity contribution is 5.94. The molecule has 1 heterocycles. The van der Waals surface area contributed by atoms with Crippen molar-refractivity contribution in [3.8, 4) is 0 Å². The molecule has 8 heteroatoms. The van der Waals surface area contributed by atoms with Crippen LogP contribution in [-0.4, -0.2) is 56.1 Å². The number of morpholine rings is 1. The lowest BCUT2D eigenvalue weighted by Crippen LogP contribution is -2.38. The Morgan fingerprint density at radius 2 is 1.77 bits per heavy atom. The molecule has 1 aliphatic rings. The van der Waals surface area contributed by atoms with Gasteiger partial charge in [0, 0.05) is 37.4 Å². The first kappa shape index (κ1) is 22.7. The highest BCUT2D eigenvalue weighted by Gasteiger charge is 2.16. The third-order valence-corrected chi connectivity index (χ3v) is 5.21. The van der Waals surface area contributed by atoms with Crippen molar-refractivity contribution < 1.29 is 23.1 Å². The molecule has 166 valence electrons. The Kier molecular flexibility index (Phi) is 7.94. The molecule has 1 aliphatic heterocycles. The topological polar surface area (TPSA) is 61.9 Å². The molecule has 1 fully saturated rings. The molecule has 31 heavy (non-hydrogen) atoms. The summed E-state index contributed by atoms with van der Waals surface area (Å²) in [6.45, 7) is 5.18. The average Bonchev–Trinajstić information content (AvgIpc) is 2.79. The van der Waals surface area contributed by atoms with E-state index in [1.807, 2.05) is 24.3 Å². The summed E-state index contributed by atoms with van der Waals surface area (Å²) in [6.07, 6.45) is 0.387. The van der Waals surface area contributed by atoms with Crippen LogP contribution in [0, 0.1) is 11.6 Å². The highest BCUT2D eigenvalue weighted by atomic mass is 19.2. The molecule has 2 amide bonds. The maximum Gasteiger partial charge on any atom is 0.243 e. The van der Waals surface area contributed by atoms with Gasteiger partial charge < -0.3 is 19.9 Å². The van der Waals surface area contributed by atoms with E-state index in [-0.39, 0.29) is 31.2 Å². The van der Waals surface area contributed by atoms with E-state index in [1.54, 1.807) is 6.92 Å². The Hall–Kier alpha value is -3.00. The molecule has 0 bridgehead atoms. The van der Waals surface area contributed by atoms with Gasteiger partial charge in [-0.2, -0.15) is 0 Å². The van der Waals surface area contributed by atoms with Crippen LogP contribution in [0.2, 0.25) is 0 Å². The minimum Gasteiger partial charge on any atom is -0.378 e. The molecule has 0 spiro atoms. The molecule has 1 N–H and O–H groups in total. The van der Waals surface area contributed by atoms with Crippen LogP contribution in [0.4, 0.5) is 20.2 Å². The fourth-order valence-electron chi connectivity index (χ4n) is 3.43. The van der Waals surface area contributed by atoms with Crippen molar-refractivity contribution in [1.82, 2.24) is 4.90 Å². The van der Waals surface area contributed by atoms with Gasteiger partial charge in [0.15, 0.2) is 11.6 Å². The van der Waals surface area contributed by atoms with Gasteiger partial charge in [0.1, 0.15) is 0 Å². The van der Waals surface area contributed by atoms with Crippen molar-refractivity contribution in [1.29, 1.82) is 0 Å². The first-order valence-corrected chi connectivity index (χ1v) is 10.4. The number of carbonyl (C=O) groups is 2. The number of benzene rings is 2. The maximum absolute atomic E-state index is 13.3. The number of hydrogen-bond acceptors (Lipinski definition) is 4. The summed E-state index contributed by atoms with van der Waals surface area (Å²) >= 11 is 0. The molecule has 0 atom stereocenters. The van der Waals surface area contributed by atoms with Crippen LogP contribution in [0.15, 0.2) is 42.5 Å². The van der Waals surface area contributed by atoms with Crippen LogP contribution >= 0.6 is 0 Å². The zero-order chi connectivity index (χ0) is 22.2. The van der Waals surface area contributed by atoms with Gasteiger partial charge in [-0.05, 0) is 55.3 Å². The second kappa shape index (κ2) is 10.9. The van der Waals surface area contributed by atoms with Crippen LogP contribution < -0.4 is 10.2 Å². The lowest BCUT2D eigenvalue weighted by Gasteiger charge is -2.29. The van der Waals surface area contributed by atoms with E-state index in [0.717, 1.165) is 30.9 Å². The van der Waals surface area contributed by atoms with Crippen molar-refractivity contribution in [2.45, 2.75) is 19.8 Å². The smallest absolute Gasteiger partial charge is 0.243 e. The van der Waals surface area contributed by atoms with Gasteiger partial charge in [-0.25, -0.2) is 8.78 Å². The number of anilines is 2. The first-order chi connectivity index (χ1) is 15.0. The highest BCUT2D eigenvalue weighted by Crippen LogP contribution is 2.19. The predicted octanol–water partition coefficient (Wildman–Crippen LogP) is 3.22. The zero-order valence-electron chi connectivity index (χ0n) is 17.6. The SMILES string of the molecule is CCN(CC(=O)Nc1ccc(N2CCOCC2)cc1)C(=O)CCc1ccc(F)c(F)c1. The fraction of sp³-hybridized carbons (Fsp3) is 0.391. The second-order valence-corrected chi connectivity index (χ2v) is 7.35. The third kappa shape index (κ3) is 6.49. The maximum atomic E-state index is 13.3. The first-order valence-electron chi connectivity index (χ1n) is 10.4. The van der Waals surface area contributed by atoms with Crippen molar-refractivity contribution >= 4 is 23.2 Å². The molecule has 0 unspecified atom stereocenters. The summed E-state index contributed by atoms with van der Waals surface area (Å²) < 4.78 is 31.7. The number of hydrogen-bond donors (Lipinski definition) is 1. The van der Waals surface area contributed by atoms with Gasteiger partial charge >= 0.3 is 0 Å². The lowest BCUT2D eigenvalue weighted by atomic mass is 10.1. The molecule has 0 aromatic heterocycles. The predicted molar refractivity (Wildman–Crippen MR) is 115 cm³/mol. The molecule has 1 saturated heterocycles. The number of nitrogens with zero attached hydrogens (tertiary/aromatic N) is 2. The number of likely N-dealkylation sites (N-methyl/N-ethyl adjacent to an activating group) is 1. The van der Waals surface area contributed by atoms with E-state index in [9.17, 15) is 18.4 Å². The van der Waals surface area contributed by atoms with Crippen LogP contribution in [-0.2, 0) is 20.7 Å². The van der Waals surface area contributed by atoms with Crippen LogP contribution in [0.25, 0.3) is 0 Å². The summed E-state index contributed by atoms with van der Waals surface area (Å²) in [6, 6.07) is 11.2. The van der Waals surface area contributed by atoms with E-state index in [0.29, 0.717) is 31.0 Å². The summed E-state index contributed by atoms with van der Waals surface area (Å²) in [5.74, 6) is -2.36. The van der Waals surface area contributed by atoms with Gasteiger partial charge in [-0.1, -0.05) is 6.07 Å². The van der Waals surface area contributed by atoms with E-state index < -0.39 is 11.6 Å². The monoisotopic (exact) mass is 431 g/mol. The summed E-state index contributed by atoms with van der Waals surface area (Å²) in [7, 11) is 0. The molecule has 6 nitrogen and oxygen atoms in total. The Labute approximate surface area is 180 Å². The standard InChI is InChI=1S/C23H27F2N3O3/c1-2-27(23(30)10-4-17-3-9-20(24)21(25)15-17)16-22(29)26-18-5-7-19(8-6-18)28-11-13-31-14-12-28/h3,5-9,15H,2,4,10-14,16H2,1H3,(H,26,29). The van der Waals surface area contributed by atoms with Gasteiger partial charge in [0.25, 0.3) is 0 Å². The number of halogens is 2. The number of aryl methyl sites for hydroxylation is 1. The quantitative estimate of drug-likeness (QED) is 0.697. The van der Waals surface area contributed by atoms with Gasteiger partial charge in [0.05, 0.1) is 19.8 Å². The van der Waals surface area contributed by atoms with Gasteiger partial charge in [-0.15, -0.1) is 0 Å². The van der Waals surface area contributed by atoms with Crippen LogP contribution in [0.3, 0.4) is 0 Å². The zero-order valence-corrected chi connectivity index (χ0v) is 17.6. The van der Waals surface area contributed by atoms with Crippen LogP contribution in [0.1, 0.15) is 18.9 Å². The lowest BCUT2D eigenvalue weighted by molar-refractivity contribution is -0.134. The summed E-state index contributed by atoms with van der Waals surface area (Å²) in [5, 5.41) is 2.81. The van der Waals surface area contributed by atoms with E-state index >= 15 is 0 Å². The summed E-state index contributed by atoms with van der Waals surface area (Å²) in [4.78, 5) is 28.5. The van der Waals surface area contributed by atoms with E-state index in [2.05, 4.69) is 10.2 Å². The number of rotatable bonds is 8. The molecule has 2 aromatic rings. The largest absolute Gasteiger partial charge is 0.378 e. The van der Waals surface area contributed by atoms with Crippen molar-refractivity contribution in [3.05, 3.63) is 59.7 Å². The van der Waals surface area contributed by atoms with E-state index in [4.69, 9.17) is 4.74 Å². The Morgan fingerprint density at radius 1 is 1.06 bits per heavy atom. The molecular weight excluding hydrogens is 404 g/mol. The summed E-state index contributed by atoms with van der Waals surface area (Å²) in [5.41, 5.74) is 2.27. The van der Waals surface area contributed by atoms with Gasteiger partial charge in [-0.3, -0.25) is 9.59 Å². The number of amides is 2. The normalized spacial score (nSPS) is 13.7.